The van der Waals surface area contributed by atoms with Crippen molar-refractivity contribution in [2.75, 3.05) is 0 Å². The van der Waals surface area contributed by atoms with Gasteiger partial charge in [0.2, 0.25) is 5.91 Å². The van der Waals surface area contributed by atoms with E-state index in [0.29, 0.717) is 29.7 Å². The van der Waals surface area contributed by atoms with Gasteiger partial charge in [0.15, 0.2) is 0 Å². The van der Waals surface area contributed by atoms with Gasteiger partial charge in [-0.25, -0.2) is 9.82 Å². The molecule has 0 saturated carbocycles. The number of aryl methyl sites for hydroxylation is 2. The Kier molecular flexibility index (Phi) is 3.75. The van der Waals surface area contributed by atoms with Crippen LogP contribution in [0.3, 0.4) is 0 Å². The monoisotopic (exact) mass is 296 g/mol. The molecule has 1 aliphatic rings. The summed E-state index contributed by atoms with van der Waals surface area (Å²) in [7, 11) is 0. The first-order chi connectivity index (χ1) is 10.5. The van der Waals surface area contributed by atoms with Crippen LogP contribution in [0.1, 0.15) is 29.5 Å². The van der Waals surface area contributed by atoms with Crippen LogP contribution in [0, 0.1) is 19.7 Å². The molecular formula is C18H17FN2O. The molecule has 1 N–H and O–H groups in total. The van der Waals surface area contributed by atoms with E-state index in [-0.39, 0.29) is 11.7 Å². The minimum atomic E-state index is -0.274. The van der Waals surface area contributed by atoms with E-state index in [2.05, 4.69) is 10.5 Å². The van der Waals surface area contributed by atoms with Crippen molar-refractivity contribution in [3.63, 3.8) is 0 Å². The molecule has 0 atom stereocenters. The zero-order valence-corrected chi connectivity index (χ0v) is 12.6. The molecule has 0 unspecified atom stereocenters. The van der Waals surface area contributed by atoms with E-state index >= 15 is 0 Å². The molecular weight excluding hydrogens is 279 g/mol. The number of carbonyl (C=O) groups excluding carboxylic acids is 1. The molecule has 112 valence electrons. The predicted molar refractivity (Wildman–Crippen MR) is 85.2 cm³/mol. The first-order valence-corrected chi connectivity index (χ1v) is 7.27. The van der Waals surface area contributed by atoms with Gasteiger partial charge in [0.1, 0.15) is 5.82 Å². The molecule has 0 spiro atoms. The fourth-order valence-electron chi connectivity index (χ4n) is 2.71. The quantitative estimate of drug-likeness (QED) is 0.901. The van der Waals surface area contributed by atoms with Gasteiger partial charge < -0.3 is 0 Å². The molecule has 0 fully saturated rings. The first kappa shape index (κ1) is 14.4. The molecule has 4 heteroatoms. The highest BCUT2D eigenvalue weighted by atomic mass is 19.1. The maximum Gasteiger partial charge on any atom is 0.240 e. The van der Waals surface area contributed by atoms with E-state index in [4.69, 9.17) is 0 Å². The Morgan fingerprint density at radius 3 is 2.45 bits per heavy atom. The normalized spacial score (nSPS) is 14.5. The minimum Gasteiger partial charge on any atom is -0.273 e. The lowest BCUT2D eigenvalue weighted by Crippen LogP contribution is -2.25. The molecule has 0 bridgehead atoms. The number of amides is 1. The third kappa shape index (κ3) is 2.77. The summed E-state index contributed by atoms with van der Waals surface area (Å²) in [6.07, 6.45) is 0.924. The van der Waals surface area contributed by atoms with E-state index in [1.165, 1.54) is 6.07 Å². The SMILES string of the molecule is Cc1ccc(-c2ccc(C3=NNC(=O)CC3)cc2F)c(C)c1. The van der Waals surface area contributed by atoms with Crippen LogP contribution in [0.5, 0.6) is 0 Å². The van der Waals surface area contributed by atoms with Crippen molar-refractivity contribution in [3.8, 4) is 11.1 Å². The Morgan fingerprint density at radius 2 is 1.82 bits per heavy atom. The smallest absolute Gasteiger partial charge is 0.240 e. The lowest BCUT2D eigenvalue weighted by atomic mass is 9.95. The van der Waals surface area contributed by atoms with Crippen LogP contribution in [-0.4, -0.2) is 11.6 Å². The molecule has 1 aliphatic heterocycles. The number of nitrogens with one attached hydrogen (secondary N) is 1. The standard InChI is InChI=1S/C18H17FN2O/c1-11-3-5-14(12(2)9-11)15-6-4-13(10-16(15)19)17-7-8-18(22)21-20-17/h3-6,9-10H,7-8H2,1-2H3,(H,21,22). The van der Waals surface area contributed by atoms with Gasteiger partial charge >= 0.3 is 0 Å². The van der Waals surface area contributed by atoms with Crippen LogP contribution in [0.15, 0.2) is 41.5 Å². The zero-order valence-electron chi connectivity index (χ0n) is 12.6. The van der Waals surface area contributed by atoms with E-state index in [9.17, 15) is 9.18 Å². The molecule has 0 aliphatic carbocycles. The van der Waals surface area contributed by atoms with E-state index in [0.717, 1.165) is 16.7 Å². The summed E-state index contributed by atoms with van der Waals surface area (Å²) in [5, 5.41) is 4.00. The van der Waals surface area contributed by atoms with Gasteiger partial charge in [0, 0.05) is 24.0 Å². The molecule has 0 saturated heterocycles. The van der Waals surface area contributed by atoms with Gasteiger partial charge in [-0.05, 0) is 31.0 Å². The molecule has 2 aromatic rings. The summed E-state index contributed by atoms with van der Waals surface area (Å²) < 4.78 is 14.5. The Hall–Kier alpha value is -2.49. The second-order valence-electron chi connectivity index (χ2n) is 5.61. The van der Waals surface area contributed by atoms with Gasteiger partial charge in [-0.3, -0.25) is 4.79 Å². The highest BCUT2D eigenvalue weighted by molar-refractivity contribution is 6.04. The zero-order chi connectivity index (χ0) is 15.7. The van der Waals surface area contributed by atoms with Crippen LogP contribution in [0.2, 0.25) is 0 Å². The van der Waals surface area contributed by atoms with E-state index < -0.39 is 0 Å². The average molecular weight is 296 g/mol. The van der Waals surface area contributed by atoms with Gasteiger partial charge in [-0.2, -0.15) is 5.10 Å². The summed E-state index contributed by atoms with van der Waals surface area (Å²) >= 11 is 0. The second kappa shape index (κ2) is 5.72. The number of hydrogen-bond acceptors (Lipinski definition) is 2. The fraction of sp³-hybridized carbons (Fsp3) is 0.222. The molecule has 22 heavy (non-hydrogen) atoms. The van der Waals surface area contributed by atoms with Crippen molar-refractivity contribution in [3.05, 3.63) is 58.9 Å². The Balaban J connectivity index is 1.97. The first-order valence-electron chi connectivity index (χ1n) is 7.27. The minimum absolute atomic E-state index is 0.101. The predicted octanol–water partition coefficient (Wildman–Crippen LogP) is 3.72. The van der Waals surface area contributed by atoms with Crippen LogP contribution >= 0.6 is 0 Å². The number of hydrazone groups is 1. The average Bonchev–Trinajstić information content (AvgIpc) is 2.49. The molecule has 3 nitrogen and oxygen atoms in total. The number of nitrogens with zero attached hydrogens (tertiary/aromatic N) is 1. The second-order valence-corrected chi connectivity index (χ2v) is 5.61. The maximum absolute atomic E-state index is 14.5. The lowest BCUT2D eigenvalue weighted by Gasteiger charge is -2.14. The molecule has 1 heterocycles. The number of benzene rings is 2. The maximum atomic E-state index is 14.5. The molecule has 1 amide bonds. The summed E-state index contributed by atoms with van der Waals surface area (Å²) in [6.45, 7) is 4.00. The summed E-state index contributed by atoms with van der Waals surface area (Å²) in [4.78, 5) is 11.1. The summed E-state index contributed by atoms with van der Waals surface area (Å²) in [6, 6.07) is 11.1. The van der Waals surface area contributed by atoms with Gasteiger partial charge in [-0.1, -0.05) is 35.9 Å². The van der Waals surface area contributed by atoms with Crippen molar-refractivity contribution < 1.29 is 9.18 Å². The largest absolute Gasteiger partial charge is 0.273 e. The van der Waals surface area contributed by atoms with Crippen molar-refractivity contribution in [2.45, 2.75) is 26.7 Å². The molecule has 0 radical (unpaired) electrons. The lowest BCUT2D eigenvalue weighted by molar-refractivity contribution is -0.121. The Morgan fingerprint density at radius 1 is 1.05 bits per heavy atom. The van der Waals surface area contributed by atoms with Gasteiger partial charge in [0.25, 0.3) is 0 Å². The van der Waals surface area contributed by atoms with Gasteiger partial charge in [-0.15, -0.1) is 0 Å². The Labute approximate surface area is 128 Å². The van der Waals surface area contributed by atoms with Crippen molar-refractivity contribution in [1.29, 1.82) is 0 Å². The topological polar surface area (TPSA) is 41.5 Å². The third-order valence-corrected chi connectivity index (χ3v) is 3.88. The van der Waals surface area contributed by atoms with Gasteiger partial charge in [0.05, 0.1) is 5.71 Å². The molecule has 2 aromatic carbocycles. The summed E-state index contributed by atoms with van der Waals surface area (Å²) in [5.41, 5.74) is 7.56. The molecule has 0 aromatic heterocycles. The van der Waals surface area contributed by atoms with Crippen LogP contribution in [-0.2, 0) is 4.79 Å². The Bertz CT molecular complexity index is 781. The highest BCUT2D eigenvalue weighted by Gasteiger charge is 2.15. The van der Waals surface area contributed by atoms with Crippen LogP contribution < -0.4 is 5.43 Å². The highest BCUT2D eigenvalue weighted by Crippen LogP contribution is 2.28. The van der Waals surface area contributed by atoms with E-state index in [1.54, 1.807) is 6.07 Å². The number of hydrogen-bond donors (Lipinski definition) is 1. The van der Waals surface area contributed by atoms with Crippen LogP contribution in [0.4, 0.5) is 4.39 Å². The number of carbonyl (C=O) groups is 1. The number of rotatable bonds is 2. The van der Waals surface area contributed by atoms with Crippen LogP contribution in [0.25, 0.3) is 11.1 Å². The number of halogens is 1. The van der Waals surface area contributed by atoms with Crippen molar-refractivity contribution in [1.82, 2.24) is 5.43 Å². The molecule has 3 rings (SSSR count). The van der Waals surface area contributed by atoms with E-state index in [1.807, 2.05) is 38.1 Å². The van der Waals surface area contributed by atoms with Crippen molar-refractivity contribution >= 4 is 11.6 Å². The van der Waals surface area contributed by atoms with Crippen molar-refractivity contribution in [2.24, 2.45) is 5.10 Å². The summed E-state index contributed by atoms with van der Waals surface area (Å²) in [5.74, 6) is -0.375. The fourth-order valence-corrected chi connectivity index (χ4v) is 2.71. The third-order valence-electron chi connectivity index (χ3n) is 3.88.